The third kappa shape index (κ3) is 13.6. The zero-order valence-corrected chi connectivity index (χ0v) is 33.6. The molecule has 0 fully saturated rings. The number of para-hydroxylation sites is 1. The summed E-state index contributed by atoms with van der Waals surface area (Å²) in [4.78, 5) is 102. The molecular weight excluding hydrogens is 777 g/mol. The molecule has 13 N–H and O–H groups in total. The largest absolute Gasteiger partial charge is 0.480 e. The van der Waals surface area contributed by atoms with E-state index in [0.29, 0.717) is 29.9 Å². The number of carboxylic acids is 1. The van der Waals surface area contributed by atoms with Gasteiger partial charge in [-0.1, -0.05) is 38.5 Å². The van der Waals surface area contributed by atoms with Crippen LogP contribution in [0.4, 0.5) is 0 Å². The fourth-order valence-electron chi connectivity index (χ4n) is 5.74. The molecule has 0 saturated carbocycles. The monoisotopic (exact) mass is 830 g/mol. The van der Waals surface area contributed by atoms with E-state index in [1.165, 1.54) is 31.2 Å². The number of aliphatic hydroxyl groups excluding tert-OH is 2. The number of aliphatic hydroxyl groups is 2. The van der Waals surface area contributed by atoms with E-state index in [9.17, 15) is 43.8 Å². The van der Waals surface area contributed by atoms with Crippen LogP contribution in [-0.2, 0) is 46.4 Å². The molecule has 0 saturated heterocycles. The Balaban J connectivity index is 1.90. The maximum Gasteiger partial charge on any atom is 0.325 e. The number of nitrogens with two attached hydrogens (primary N) is 1. The zero-order chi connectivity index (χ0) is 42.9. The molecular formula is C37H54N10O10S. The van der Waals surface area contributed by atoms with Crippen molar-refractivity contribution in [3.05, 3.63) is 54.2 Å². The molecule has 1 aromatic carbocycles. The Labute approximate surface area is 339 Å². The molecule has 2 aromatic heterocycles. The van der Waals surface area contributed by atoms with Crippen molar-refractivity contribution in [2.24, 2.45) is 11.7 Å². The van der Waals surface area contributed by atoms with Gasteiger partial charge in [-0.25, -0.2) is 4.98 Å². The van der Waals surface area contributed by atoms with Crippen LogP contribution in [0.1, 0.15) is 44.9 Å². The predicted molar refractivity (Wildman–Crippen MR) is 214 cm³/mol. The molecule has 0 aliphatic rings. The highest BCUT2D eigenvalue weighted by Gasteiger charge is 2.35. The number of aliphatic carboxylic acids is 1. The maximum atomic E-state index is 14.3. The summed E-state index contributed by atoms with van der Waals surface area (Å²) in [7, 11) is 0. The minimum absolute atomic E-state index is 0.0544. The number of carbonyl (C=O) groups excluding carboxylic acids is 6. The smallest absolute Gasteiger partial charge is 0.325 e. The number of imidazole rings is 1. The number of H-pyrrole nitrogens is 2. The summed E-state index contributed by atoms with van der Waals surface area (Å²) in [6.45, 7) is 2.88. The molecule has 0 bridgehead atoms. The molecule has 21 heteroatoms. The highest BCUT2D eigenvalue weighted by atomic mass is 32.2. The Kier molecular flexibility index (Phi) is 18.6. The minimum atomic E-state index is -1.70. The second-order valence-corrected chi connectivity index (χ2v) is 14.8. The van der Waals surface area contributed by atoms with Crippen LogP contribution >= 0.6 is 11.8 Å². The maximum absolute atomic E-state index is 14.3. The molecule has 3 aromatic rings. The van der Waals surface area contributed by atoms with Crippen molar-refractivity contribution < 1.29 is 48.9 Å². The Hall–Kier alpha value is -5.51. The molecule has 0 aliphatic heterocycles. The van der Waals surface area contributed by atoms with Gasteiger partial charge in [0.25, 0.3) is 0 Å². The lowest BCUT2D eigenvalue weighted by Crippen LogP contribution is -2.61. The molecule has 0 unspecified atom stereocenters. The van der Waals surface area contributed by atoms with Gasteiger partial charge in [0.15, 0.2) is 0 Å². The number of benzene rings is 1. The SMILES string of the molecule is CC[C@H](C)[C@H](NC(=O)[C@@H](N)CCSC)C(=O)N[C@@H](Cc1c[nH]c2ccccc12)C(=O)N[C@@H](Cc1cnc[nH]1)C(=O)N[C@@H](CO)C(=O)N[C@@H](CO)C(=O)N[C@@H](C)C(=O)O. The number of rotatable bonds is 24. The van der Waals surface area contributed by atoms with Crippen molar-refractivity contribution in [3.8, 4) is 0 Å². The first-order valence-electron chi connectivity index (χ1n) is 18.7. The van der Waals surface area contributed by atoms with Crippen molar-refractivity contribution in [1.29, 1.82) is 0 Å². The standard InChI is InChI=1S/C37H54N10O10S/c1-5-19(2)30(47-31(50)24(38)10-11-58-4)36(55)44-26(12-21-14-40-25-9-7-6-8-23(21)25)32(51)43-27(13-22-15-39-18-41-22)33(52)45-29(17-49)35(54)46-28(16-48)34(53)42-20(3)37(56)57/h6-9,14-15,18-20,24,26-30,40,48-49H,5,10-13,16-17,38H2,1-4H3,(H,39,41)(H,42,53)(H,43,51)(H,44,55)(H,45,52)(H,46,54)(H,47,50)(H,56,57)/t19-,20-,24-,26-,27-,28-,29-,30-/m0/s1. The van der Waals surface area contributed by atoms with E-state index in [2.05, 4.69) is 46.9 Å². The molecule has 0 spiro atoms. The number of hydrogen-bond acceptors (Lipinski definition) is 12. The van der Waals surface area contributed by atoms with Crippen LogP contribution in [0.3, 0.4) is 0 Å². The lowest BCUT2D eigenvalue weighted by Gasteiger charge is -2.28. The van der Waals surface area contributed by atoms with Crippen molar-refractivity contribution in [1.82, 2.24) is 46.9 Å². The fourth-order valence-corrected chi connectivity index (χ4v) is 6.23. The summed E-state index contributed by atoms with van der Waals surface area (Å²) in [5, 5.41) is 44.4. The molecule has 318 valence electrons. The second-order valence-electron chi connectivity index (χ2n) is 13.8. The lowest BCUT2D eigenvalue weighted by molar-refractivity contribution is -0.142. The van der Waals surface area contributed by atoms with Crippen molar-refractivity contribution in [2.75, 3.05) is 25.2 Å². The quantitative estimate of drug-likeness (QED) is 0.0457. The third-order valence-corrected chi connectivity index (χ3v) is 10.1. The fraction of sp³-hybridized carbons (Fsp3) is 0.514. The van der Waals surface area contributed by atoms with Gasteiger partial charge in [-0.15, -0.1) is 0 Å². The van der Waals surface area contributed by atoms with Crippen molar-refractivity contribution in [2.45, 2.75) is 88.7 Å². The number of carbonyl (C=O) groups is 7. The normalized spacial score (nSPS) is 15.4. The van der Waals surface area contributed by atoms with Crippen LogP contribution in [0.25, 0.3) is 10.9 Å². The number of hydrogen-bond donors (Lipinski definition) is 12. The zero-order valence-electron chi connectivity index (χ0n) is 32.7. The highest BCUT2D eigenvalue weighted by molar-refractivity contribution is 7.98. The van der Waals surface area contributed by atoms with Crippen molar-refractivity contribution >= 4 is 64.1 Å². The number of carboxylic acid groups (broad SMARTS) is 1. The van der Waals surface area contributed by atoms with Gasteiger partial charge in [0.05, 0.1) is 25.6 Å². The number of fused-ring (bicyclic) bond motifs is 1. The number of thioether (sulfide) groups is 1. The van der Waals surface area contributed by atoms with Crippen LogP contribution < -0.4 is 37.6 Å². The van der Waals surface area contributed by atoms with Gasteiger partial charge in [0.1, 0.15) is 36.3 Å². The second kappa shape index (κ2) is 23.0. The van der Waals surface area contributed by atoms with E-state index in [1.807, 2.05) is 37.4 Å². The molecule has 0 aliphatic carbocycles. The number of nitrogens with zero attached hydrogens (tertiary/aromatic N) is 1. The van der Waals surface area contributed by atoms with E-state index in [4.69, 9.17) is 10.8 Å². The first-order valence-corrected chi connectivity index (χ1v) is 20.1. The number of aromatic amines is 2. The minimum Gasteiger partial charge on any atom is -0.480 e. The summed E-state index contributed by atoms with van der Waals surface area (Å²) in [6.07, 6.45) is 6.95. The van der Waals surface area contributed by atoms with Crippen LogP contribution in [0.2, 0.25) is 0 Å². The van der Waals surface area contributed by atoms with Crippen LogP contribution in [-0.4, -0.2) is 139 Å². The summed E-state index contributed by atoms with van der Waals surface area (Å²) in [5.41, 5.74) is 7.92. The third-order valence-electron chi connectivity index (χ3n) is 9.47. The lowest BCUT2D eigenvalue weighted by atomic mass is 9.96. The molecule has 3 rings (SSSR count). The summed E-state index contributed by atoms with van der Waals surface area (Å²) in [6, 6.07) is -2.05. The molecule has 0 radical (unpaired) electrons. The average molecular weight is 831 g/mol. The molecule has 58 heavy (non-hydrogen) atoms. The van der Waals surface area contributed by atoms with E-state index in [0.717, 1.165) is 10.9 Å². The Morgan fingerprint density at radius 1 is 0.776 bits per heavy atom. The molecule has 20 nitrogen and oxygen atoms in total. The molecule has 8 atom stereocenters. The van der Waals surface area contributed by atoms with Gasteiger partial charge in [0, 0.05) is 41.8 Å². The van der Waals surface area contributed by atoms with Gasteiger partial charge in [-0.05, 0) is 42.9 Å². The molecule has 2 heterocycles. The van der Waals surface area contributed by atoms with Crippen LogP contribution in [0.15, 0.2) is 43.0 Å². The van der Waals surface area contributed by atoms with Crippen molar-refractivity contribution in [3.63, 3.8) is 0 Å². The van der Waals surface area contributed by atoms with Gasteiger partial charge in [-0.2, -0.15) is 11.8 Å². The number of amides is 6. The highest BCUT2D eigenvalue weighted by Crippen LogP contribution is 2.20. The first-order chi connectivity index (χ1) is 27.6. The first kappa shape index (κ1) is 46.9. The molecule has 6 amide bonds. The van der Waals surface area contributed by atoms with E-state index in [-0.39, 0.29) is 18.8 Å². The van der Waals surface area contributed by atoms with Gasteiger partial charge < -0.3 is 62.9 Å². The summed E-state index contributed by atoms with van der Waals surface area (Å²) < 4.78 is 0. The van der Waals surface area contributed by atoms with Gasteiger partial charge in [0.2, 0.25) is 35.4 Å². The van der Waals surface area contributed by atoms with E-state index >= 15 is 0 Å². The predicted octanol–water partition coefficient (Wildman–Crippen LogP) is -2.20. The number of nitrogens with one attached hydrogen (secondary N) is 8. The average Bonchev–Trinajstić information content (AvgIpc) is 3.88. The number of aromatic nitrogens is 3. The van der Waals surface area contributed by atoms with Crippen LogP contribution in [0, 0.1) is 5.92 Å². The topological polar surface area (TPSA) is 323 Å². The summed E-state index contributed by atoms with van der Waals surface area (Å²) in [5.74, 6) is -6.18. The van der Waals surface area contributed by atoms with Gasteiger partial charge >= 0.3 is 5.97 Å². The summed E-state index contributed by atoms with van der Waals surface area (Å²) >= 11 is 1.52. The van der Waals surface area contributed by atoms with Gasteiger partial charge in [-0.3, -0.25) is 33.6 Å². The Bertz CT molecular complexity index is 1860. The van der Waals surface area contributed by atoms with E-state index in [1.54, 1.807) is 13.1 Å². The Morgan fingerprint density at radius 2 is 1.34 bits per heavy atom. The van der Waals surface area contributed by atoms with E-state index < -0.39 is 96.9 Å². The van der Waals surface area contributed by atoms with Crippen LogP contribution in [0.5, 0.6) is 0 Å². The Morgan fingerprint density at radius 3 is 1.91 bits per heavy atom.